The highest BCUT2D eigenvalue weighted by Gasteiger charge is 2.08. The maximum atomic E-state index is 9.38. The summed E-state index contributed by atoms with van der Waals surface area (Å²) in [5.74, 6) is -2.68. The fourth-order valence-corrected chi connectivity index (χ4v) is 2.12. The zero-order valence-corrected chi connectivity index (χ0v) is 17.6. The Morgan fingerprint density at radius 2 is 1.65 bits per heavy atom. The van der Waals surface area contributed by atoms with E-state index in [9.17, 15) is 5.11 Å². The van der Waals surface area contributed by atoms with Crippen molar-refractivity contribution in [3.63, 3.8) is 0 Å². The number of allylic oxidation sites excluding steroid dienone is 1. The summed E-state index contributed by atoms with van der Waals surface area (Å²) in [4.78, 5) is 25.7. The second-order valence-electron chi connectivity index (χ2n) is 6.35. The van der Waals surface area contributed by atoms with Gasteiger partial charge in [-0.25, -0.2) is 9.59 Å². The second kappa shape index (κ2) is 13.4. The van der Waals surface area contributed by atoms with Crippen LogP contribution in [0.2, 0.25) is 0 Å². The number of carbonyl (C=O) groups is 2. The quantitative estimate of drug-likeness (QED) is 0.252. The zero-order valence-electron chi connectivity index (χ0n) is 17.6. The van der Waals surface area contributed by atoms with Crippen molar-refractivity contribution in [3.8, 4) is 11.5 Å². The van der Waals surface area contributed by atoms with Gasteiger partial charge in [0.1, 0.15) is 23.8 Å². The number of methoxy groups -OCH3 is 1. The molecule has 0 heterocycles. The van der Waals surface area contributed by atoms with Crippen molar-refractivity contribution in [2.24, 2.45) is 5.16 Å². The lowest BCUT2D eigenvalue weighted by Gasteiger charge is -2.10. The van der Waals surface area contributed by atoms with Crippen molar-refractivity contribution >= 4 is 23.7 Å². The van der Waals surface area contributed by atoms with Gasteiger partial charge < -0.3 is 29.8 Å². The first-order chi connectivity index (χ1) is 14.7. The highest BCUT2D eigenvalue weighted by Crippen LogP contribution is 2.20. The van der Waals surface area contributed by atoms with E-state index in [-0.39, 0.29) is 5.75 Å². The van der Waals surface area contributed by atoms with E-state index in [0.29, 0.717) is 12.3 Å². The van der Waals surface area contributed by atoms with E-state index in [4.69, 9.17) is 29.4 Å². The molecule has 0 spiro atoms. The molecule has 2 rings (SSSR count). The third kappa shape index (κ3) is 9.95. The molecule has 0 saturated carbocycles. The maximum absolute atomic E-state index is 9.38. The fourth-order valence-electron chi connectivity index (χ4n) is 2.12. The number of phenolic OH excluding ortho intramolecular Hbond substituents is 1. The summed E-state index contributed by atoms with van der Waals surface area (Å²) >= 11 is 0. The number of ether oxygens (including phenoxy) is 1. The molecule has 3 N–H and O–H groups in total. The zero-order chi connectivity index (χ0) is 23.2. The molecule has 9 heteroatoms. The molecule has 0 aliphatic rings. The molecule has 0 unspecified atom stereocenters. The van der Waals surface area contributed by atoms with E-state index in [0.717, 1.165) is 23.4 Å². The highest BCUT2D eigenvalue weighted by molar-refractivity contribution is 6.27. The summed E-state index contributed by atoms with van der Waals surface area (Å²) in [6, 6.07) is 14.6. The molecule has 31 heavy (non-hydrogen) atoms. The lowest BCUT2D eigenvalue weighted by Crippen LogP contribution is -2.17. The number of carboxylic acid groups (broad SMARTS) is 2. The van der Waals surface area contributed by atoms with Crippen molar-refractivity contribution in [1.82, 2.24) is 4.90 Å². The van der Waals surface area contributed by atoms with Gasteiger partial charge in [-0.05, 0) is 50.0 Å². The number of aliphatic carboxylic acids is 2. The van der Waals surface area contributed by atoms with Crippen molar-refractivity contribution in [3.05, 3.63) is 65.7 Å². The van der Waals surface area contributed by atoms with Crippen LogP contribution >= 0.6 is 0 Å². The van der Waals surface area contributed by atoms with E-state index in [2.05, 4.69) is 5.16 Å². The second-order valence-corrected chi connectivity index (χ2v) is 6.35. The molecule has 2 aromatic carbocycles. The van der Waals surface area contributed by atoms with Gasteiger partial charge in [-0.1, -0.05) is 35.5 Å². The van der Waals surface area contributed by atoms with E-state index in [1.54, 1.807) is 19.2 Å². The van der Waals surface area contributed by atoms with Crippen LogP contribution in [0.5, 0.6) is 11.5 Å². The molecule has 0 fully saturated rings. The SMILES string of the molecule is COc1ccccc1C(C=Cc1ccc(O)cc1)=NOCCN(C)C.O=C(O)C(=O)O. The Morgan fingerprint density at radius 3 is 2.19 bits per heavy atom. The molecule has 0 bridgehead atoms. The van der Waals surface area contributed by atoms with Crippen LogP contribution < -0.4 is 4.74 Å². The van der Waals surface area contributed by atoms with E-state index < -0.39 is 11.9 Å². The van der Waals surface area contributed by atoms with Crippen LogP contribution in [-0.2, 0) is 14.4 Å². The van der Waals surface area contributed by atoms with E-state index >= 15 is 0 Å². The standard InChI is InChI=1S/C20H24N2O3.C2H2O4/c1-22(2)14-15-25-21-19(18-6-4-5-7-20(18)24-3)13-10-16-8-11-17(23)12-9-16;3-1(4)2(5)6/h4-13,23H,14-15H2,1-3H3;(H,3,4)(H,5,6). The molecule has 0 aliphatic heterocycles. The van der Waals surface area contributed by atoms with Crippen LogP contribution in [0.15, 0.2) is 59.8 Å². The summed E-state index contributed by atoms with van der Waals surface area (Å²) in [5.41, 5.74) is 2.47. The van der Waals surface area contributed by atoms with Gasteiger partial charge >= 0.3 is 11.9 Å². The number of para-hydroxylation sites is 1. The maximum Gasteiger partial charge on any atom is 0.414 e. The van der Waals surface area contributed by atoms with Crippen LogP contribution in [0.4, 0.5) is 0 Å². The van der Waals surface area contributed by atoms with Crippen LogP contribution in [-0.4, -0.2) is 72.2 Å². The molecule has 0 radical (unpaired) electrons. The average Bonchev–Trinajstić information content (AvgIpc) is 2.74. The molecule has 0 amide bonds. The van der Waals surface area contributed by atoms with Gasteiger partial charge in [0.25, 0.3) is 0 Å². The van der Waals surface area contributed by atoms with Crippen molar-refractivity contribution in [2.45, 2.75) is 0 Å². The number of hydrogen-bond acceptors (Lipinski definition) is 7. The summed E-state index contributed by atoms with van der Waals surface area (Å²) in [6.45, 7) is 1.28. The summed E-state index contributed by atoms with van der Waals surface area (Å²) in [5, 5.41) is 28.4. The van der Waals surface area contributed by atoms with Gasteiger partial charge in [0.15, 0.2) is 0 Å². The average molecular weight is 430 g/mol. The van der Waals surface area contributed by atoms with Crippen molar-refractivity contribution in [1.29, 1.82) is 0 Å². The van der Waals surface area contributed by atoms with Crippen LogP contribution in [0.25, 0.3) is 6.08 Å². The molecular formula is C22H26N2O7. The van der Waals surface area contributed by atoms with E-state index in [1.165, 1.54) is 0 Å². The van der Waals surface area contributed by atoms with Crippen molar-refractivity contribution in [2.75, 3.05) is 34.4 Å². The highest BCUT2D eigenvalue weighted by atomic mass is 16.6. The molecule has 0 aromatic heterocycles. The van der Waals surface area contributed by atoms with Gasteiger partial charge in [0.2, 0.25) is 0 Å². The van der Waals surface area contributed by atoms with Gasteiger partial charge in [0, 0.05) is 12.1 Å². The number of likely N-dealkylation sites (N-methyl/N-ethyl adjacent to an activating group) is 1. The minimum Gasteiger partial charge on any atom is -0.508 e. The normalized spacial score (nSPS) is 11.0. The van der Waals surface area contributed by atoms with Crippen LogP contribution in [0.1, 0.15) is 11.1 Å². The van der Waals surface area contributed by atoms with Crippen molar-refractivity contribution < 1.29 is 34.5 Å². The lowest BCUT2D eigenvalue weighted by atomic mass is 10.1. The largest absolute Gasteiger partial charge is 0.508 e. The number of rotatable bonds is 8. The number of hydrogen-bond donors (Lipinski definition) is 3. The van der Waals surface area contributed by atoms with Gasteiger partial charge in [-0.3, -0.25) is 0 Å². The smallest absolute Gasteiger partial charge is 0.414 e. The van der Waals surface area contributed by atoms with Gasteiger partial charge in [0.05, 0.1) is 7.11 Å². The molecule has 0 atom stereocenters. The van der Waals surface area contributed by atoms with Crippen LogP contribution in [0, 0.1) is 0 Å². The molecule has 2 aromatic rings. The monoisotopic (exact) mass is 430 g/mol. The minimum absolute atomic E-state index is 0.239. The predicted octanol–water partition coefficient (Wildman–Crippen LogP) is 2.55. The summed E-state index contributed by atoms with van der Waals surface area (Å²) in [7, 11) is 5.60. The molecule has 0 aliphatic carbocycles. The number of nitrogens with zero attached hydrogens (tertiary/aromatic N) is 2. The van der Waals surface area contributed by atoms with Crippen LogP contribution in [0.3, 0.4) is 0 Å². The number of carboxylic acids is 2. The number of benzene rings is 2. The van der Waals surface area contributed by atoms with E-state index in [1.807, 2.05) is 67.5 Å². The third-order valence-corrected chi connectivity index (χ3v) is 3.69. The minimum atomic E-state index is -1.82. The third-order valence-electron chi connectivity index (χ3n) is 3.69. The Morgan fingerprint density at radius 1 is 1.03 bits per heavy atom. The Balaban J connectivity index is 0.000000703. The molecular weight excluding hydrogens is 404 g/mol. The Labute approximate surface area is 180 Å². The molecule has 166 valence electrons. The number of oxime groups is 1. The Bertz CT molecular complexity index is 894. The summed E-state index contributed by atoms with van der Waals surface area (Å²) in [6.07, 6.45) is 3.79. The summed E-state index contributed by atoms with van der Waals surface area (Å²) < 4.78 is 5.43. The first-order valence-electron chi connectivity index (χ1n) is 9.16. The van der Waals surface area contributed by atoms with Gasteiger partial charge in [-0.15, -0.1) is 0 Å². The Kier molecular flexibility index (Phi) is 10.9. The van der Waals surface area contributed by atoms with Gasteiger partial charge in [-0.2, -0.15) is 0 Å². The molecule has 0 saturated heterocycles. The number of aromatic hydroxyl groups is 1. The molecule has 9 nitrogen and oxygen atoms in total. The number of phenols is 1. The first-order valence-corrected chi connectivity index (χ1v) is 9.16. The first kappa shape index (κ1) is 25.2. The predicted molar refractivity (Wildman–Crippen MR) is 116 cm³/mol. The topological polar surface area (TPSA) is 129 Å². The Hall–Kier alpha value is -3.85. The fraction of sp³-hybridized carbons (Fsp3) is 0.227. The lowest BCUT2D eigenvalue weighted by molar-refractivity contribution is -0.159.